The number of carbonyl (C=O) groups excluding carboxylic acids is 1. The zero-order chi connectivity index (χ0) is 24.4. The molecule has 1 heterocycles. The van der Waals surface area contributed by atoms with Gasteiger partial charge >= 0.3 is 5.97 Å². The van der Waals surface area contributed by atoms with Crippen LogP contribution in [0.1, 0.15) is 81.2 Å². The van der Waals surface area contributed by atoms with Crippen molar-refractivity contribution >= 4 is 17.0 Å². The number of benzene rings is 2. The number of esters is 1. The topological polar surface area (TPSA) is 58.2 Å². The summed E-state index contributed by atoms with van der Waals surface area (Å²) in [5.41, 5.74) is 4.65. The molecule has 1 saturated carbocycles. The monoisotopic (exact) mass is 473 g/mol. The summed E-state index contributed by atoms with van der Waals surface area (Å²) in [4.78, 5) is 23.5. The van der Waals surface area contributed by atoms with E-state index in [2.05, 4.69) is 53.3 Å². The fraction of sp³-hybridized carbons (Fsp3) is 0.533. The van der Waals surface area contributed by atoms with Gasteiger partial charge in [0, 0.05) is 25.3 Å². The maximum Gasteiger partial charge on any atom is 0.308 e. The van der Waals surface area contributed by atoms with E-state index >= 15 is 0 Å². The Morgan fingerprint density at radius 1 is 1.11 bits per heavy atom. The third kappa shape index (κ3) is 5.02. The van der Waals surface area contributed by atoms with E-state index in [9.17, 15) is 4.79 Å². The van der Waals surface area contributed by atoms with Crippen molar-refractivity contribution in [3.8, 4) is 0 Å². The van der Waals surface area contributed by atoms with Gasteiger partial charge in [-0.15, -0.1) is 0 Å². The number of carbonyl (C=O) groups is 1. The number of hydrogen-bond acceptors (Lipinski definition) is 4. The van der Waals surface area contributed by atoms with Crippen molar-refractivity contribution in [3.05, 3.63) is 65.5 Å². The Morgan fingerprint density at radius 2 is 1.89 bits per heavy atom. The molecule has 2 aromatic carbocycles. The van der Waals surface area contributed by atoms with E-state index in [1.807, 2.05) is 26.0 Å². The van der Waals surface area contributed by atoms with Crippen LogP contribution in [0.4, 0.5) is 0 Å². The molecule has 0 radical (unpaired) electrons. The van der Waals surface area contributed by atoms with E-state index in [0.717, 1.165) is 62.1 Å². The summed E-state index contributed by atoms with van der Waals surface area (Å²) in [5, 5.41) is 0. The summed E-state index contributed by atoms with van der Waals surface area (Å²) in [5.74, 6) is 1.68. The van der Waals surface area contributed by atoms with Crippen molar-refractivity contribution in [2.45, 2.75) is 76.2 Å². The fourth-order valence-corrected chi connectivity index (χ4v) is 6.29. The number of aryl methyl sites for hydroxylation is 1. The molecule has 3 atom stereocenters. The first-order chi connectivity index (χ1) is 16.9. The summed E-state index contributed by atoms with van der Waals surface area (Å²) in [6.45, 7) is 5.82. The number of H-pyrrole nitrogens is 1. The van der Waals surface area contributed by atoms with Crippen LogP contribution in [0, 0.1) is 5.92 Å². The van der Waals surface area contributed by atoms with Gasteiger partial charge in [-0.3, -0.25) is 4.79 Å². The van der Waals surface area contributed by atoms with E-state index in [1.54, 1.807) is 0 Å². The second-order valence-corrected chi connectivity index (χ2v) is 11.0. The van der Waals surface area contributed by atoms with Gasteiger partial charge in [-0.1, -0.05) is 56.7 Å². The number of para-hydroxylation sites is 2. The van der Waals surface area contributed by atoms with Crippen molar-refractivity contribution < 1.29 is 9.53 Å². The lowest BCUT2D eigenvalue weighted by Gasteiger charge is -2.46. The van der Waals surface area contributed by atoms with Gasteiger partial charge in [0.1, 0.15) is 11.4 Å². The molecule has 1 unspecified atom stereocenters. The Balaban J connectivity index is 1.26. The fourth-order valence-electron chi connectivity index (χ4n) is 6.29. The molecule has 5 nitrogen and oxygen atoms in total. The zero-order valence-electron chi connectivity index (χ0n) is 21.4. The second kappa shape index (κ2) is 10.1. The highest BCUT2D eigenvalue weighted by molar-refractivity contribution is 5.74. The van der Waals surface area contributed by atoms with Crippen LogP contribution in [0.2, 0.25) is 0 Å². The van der Waals surface area contributed by atoms with E-state index in [0.29, 0.717) is 11.8 Å². The Labute approximate surface area is 209 Å². The van der Waals surface area contributed by atoms with Crippen LogP contribution >= 0.6 is 0 Å². The molecular weight excluding hydrogens is 434 g/mol. The molecule has 2 bridgehead atoms. The zero-order valence-corrected chi connectivity index (χ0v) is 21.4. The second-order valence-electron chi connectivity index (χ2n) is 11.0. The van der Waals surface area contributed by atoms with Gasteiger partial charge < -0.3 is 14.6 Å². The number of rotatable bonds is 9. The highest BCUT2D eigenvalue weighted by Crippen LogP contribution is 2.55. The molecule has 3 aliphatic rings. The van der Waals surface area contributed by atoms with Gasteiger partial charge in [-0.05, 0) is 68.5 Å². The first-order valence-corrected chi connectivity index (χ1v) is 13.4. The van der Waals surface area contributed by atoms with E-state index in [-0.39, 0.29) is 11.9 Å². The van der Waals surface area contributed by atoms with Gasteiger partial charge in [-0.25, -0.2) is 4.98 Å². The Hall–Kier alpha value is -2.66. The van der Waals surface area contributed by atoms with Crippen LogP contribution in [-0.4, -0.2) is 46.6 Å². The Kier molecular flexibility index (Phi) is 6.97. The number of aromatic amines is 1. The van der Waals surface area contributed by atoms with Crippen molar-refractivity contribution in [1.29, 1.82) is 0 Å². The van der Waals surface area contributed by atoms with Crippen LogP contribution < -0.4 is 0 Å². The number of nitrogens with one attached hydrogen (secondary N) is 1. The highest BCUT2D eigenvalue weighted by Gasteiger charge is 2.50. The van der Waals surface area contributed by atoms with Crippen LogP contribution in [-0.2, 0) is 16.0 Å². The molecule has 1 N–H and O–H groups in total. The van der Waals surface area contributed by atoms with Crippen molar-refractivity contribution in [1.82, 2.24) is 14.9 Å². The van der Waals surface area contributed by atoms with Crippen LogP contribution in [0.25, 0.3) is 11.0 Å². The molecule has 5 heteroatoms. The van der Waals surface area contributed by atoms with Gasteiger partial charge in [0.05, 0.1) is 17.0 Å². The lowest BCUT2D eigenvalue weighted by Crippen LogP contribution is -2.47. The van der Waals surface area contributed by atoms with E-state index < -0.39 is 5.60 Å². The van der Waals surface area contributed by atoms with E-state index in [1.165, 1.54) is 24.0 Å². The predicted octanol–water partition coefficient (Wildman–Crippen LogP) is 6.21. The molecule has 3 aliphatic carbocycles. The smallest absolute Gasteiger partial charge is 0.308 e. The molecule has 35 heavy (non-hydrogen) atoms. The summed E-state index contributed by atoms with van der Waals surface area (Å²) in [6.07, 6.45) is 7.34. The molecule has 1 aromatic heterocycles. The lowest BCUT2D eigenvalue weighted by atomic mass is 9.67. The molecular formula is C30H39N3O2. The van der Waals surface area contributed by atoms with Crippen LogP contribution in [0.15, 0.2) is 48.5 Å². The number of aromatic nitrogens is 2. The number of nitrogens with zero attached hydrogens (tertiary/aromatic N) is 2. The summed E-state index contributed by atoms with van der Waals surface area (Å²) >= 11 is 0. The minimum Gasteiger partial charge on any atom is -0.458 e. The Morgan fingerprint density at radius 3 is 2.69 bits per heavy atom. The molecule has 6 rings (SSSR count). The number of imidazole rings is 1. The molecule has 0 spiro atoms. The van der Waals surface area contributed by atoms with Gasteiger partial charge in [0.15, 0.2) is 0 Å². The maximum absolute atomic E-state index is 12.9. The third-order valence-electron chi connectivity index (χ3n) is 8.17. The van der Waals surface area contributed by atoms with Crippen molar-refractivity contribution in [2.75, 3.05) is 20.1 Å². The summed E-state index contributed by atoms with van der Waals surface area (Å²) in [7, 11) is 2.19. The third-order valence-corrected chi connectivity index (χ3v) is 8.17. The number of hydrogen-bond donors (Lipinski definition) is 1. The van der Waals surface area contributed by atoms with Gasteiger partial charge in [0.25, 0.3) is 0 Å². The maximum atomic E-state index is 12.9. The predicted molar refractivity (Wildman–Crippen MR) is 141 cm³/mol. The average Bonchev–Trinajstić information content (AvgIpc) is 3.07. The number of ether oxygens (including phenoxy) is 1. The van der Waals surface area contributed by atoms with Crippen molar-refractivity contribution in [3.63, 3.8) is 0 Å². The molecule has 186 valence electrons. The molecule has 3 aromatic rings. The van der Waals surface area contributed by atoms with Gasteiger partial charge in [0.2, 0.25) is 0 Å². The van der Waals surface area contributed by atoms with Crippen LogP contribution in [0.5, 0.6) is 0 Å². The SMILES string of the molecule is CC(C)C(=O)OC1(CCN(C)CCCc2nc3ccccc3[nH]2)C[C@@H]2CCC[C@@H]1c1ccccc12. The standard InChI is InChI=1S/C30H39N3O2/c1-21(2)29(34)35-30(20-22-10-8-13-25(30)24-12-5-4-11-23(22)24)17-19-33(3)18-9-16-28-31-26-14-6-7-15-27(26)32-28/h4-7,11-12,14-15,21-22,25H,8-10,13,16-20H2,1-3H3,(H,31,32)/t22-,25+,30?/m0/s1. The minimum absolute atomic E-state index is 0.0532. The molecule has 0 aliphatic heterocycles. The molecule has 1 fully saturated rings. The number of fused-ring (bicyclic) bond motifs is 4. The largest absolute Gasteiger partial charge is 0.458 e. The Bertz CT molecular complexity index is 1140. The van der Waals surface area contributed by atoms with Gasteiger partial charge in [-0.2, -0.15) is 0 Å². The first kappa shape index (κ1) is 24.1. The molecule has 0 saturated heterocycles. The lowest BCUT2D eigenvalue weighted by molar-refractivity contribution is -0.170. The first-order valence-electron chi connectivity index (χ1n) is 13.4. The minimum atomic E-state index is -0.399. The normalized spacial score (nSPS) is 23.6. The molecule has 0 amide bonds. The average molecular weight is 474 g/mol. The van der Waals surface area contributed by atoms with E-state index in [4.69, 9.17) is 9.72 Å². The summed E-state index contributed by atoms with van der Waals surface area (Å²) in [6, 6.07) is 17.1. The summed E-state index contributed by atoms with van der Waals surface area (Å²) < 4.78 is 6.49. The van der Waals surface area contributed by atoms with Crippen molar-refractivity contribution in [2.24, 2.45) is 5.92 Å². The quantitative estimate of drug-likeness (QED) is 0.375. The highest BCUT2D eigenvalue weighted by atomic mass is 16.6. The van der Waals surface area contributed by atoms with Crippen LogP contribution in [0.3, 0.4) is 0 Å².